The van der Waals surface area contributed by atoms with Crippen LogP contribution in [0.25, 0.3) is 22.0 Å². The molecule has 1 heterocycles. The maximum Gasteiger partial charge on any atom is 0.162 e. The molecule has 0 unspecified atom stereocenters. The minimum Gasteiger partial charge on any atom is -0.512 e. The van der Waals surface area contributed by atoms with E-state index in [0.717, 1.165) is 37.8 Å². The molecule has 1 N–H and O–H groups in total. The van der Waals surface area contributed by atoms with Crippen LogP contribution in [0.2, 0.25) is 0 Å². The molecule has 46 heavy (non-hydrogen) atoms. The van der Waals surface area contributed by atoms with E-state index in [1.807, 2.05) is 33.9 Å². The molecule has 2 aromatic carbocycles. The number of fused-ring (bicyclic) bond motifs is 4. The van der Waals surface area contributed by atoms with Gasteiger partial charge in [0.1, 0.15) is 0 Å². The predicted molar refractivity (Wildman–Crippen MR) is 193 cm³/mol. The third-order valence-electron chi connectivity index (χ3n) is 10.8. The van der Waals surface area contributed by atoms with E-state index in [9.17, 15) is 9.90 Å². The van der Waals surface area contributed by atoms with Crippen LogP contribution in [0.5, 0.6) is 0 Å². The molecule has 0 aliphatic heterocycles. The van der Waals surface area contributed by atoms with E-state index in [2.05, 4.69) is 93.5 Å². The number of allylic oxidation sites excluding steroid dienone is 2. The average molecular weight is 803 g/mol. The standard InChI is InChI=1S/C29H36N.C13H24O2.Ir/c1-17-13-21-15-23-24(19(3)22(21)14-18(17)2)28(7,8)29(9,10)25-20(16-27(4,5)6)11-12-30-26(23)25;1-5-10(6-2)12(14)9-13(15)11(7-3)8-4;/h11-14H,16H2,1-10H3;9-11,14H,5-8H2,1-4H3;/q-1;;/b;12-9-;. The van der Waals surface area contributed by atoms with Crippen LogP contribution >= 0.6 is 0 Å². The van der Waals surface area contributed by atoms with E-state index in [-0.39, 0.29) is 59.7 Å². The first-order valence-corrected chi connectivity index (χ1v) is 17.3. The molecular formula is C42H60IrNO2-. The van der Waals surface area contributed by atoms with Crippen LogP contribution in [0.1, 0.15) is 135 Å². The molecule has 0 amide bonds. The quantitative estimate of drug-likeness (QED) is 0.140. The van der Waals surface area contributed by atoms with Gasteiger partial charge in [0, 0.05) is 49.9 Å². The van der Waals surface area contributed by atoms with Crippen molar-refractivity contribution in [2.24, 2.45) is 17.3 Å². The molecule has 1 aliphatic carbocycles. The summed E-state index contributed by atoms with van der Waals surface area (Å²) in [5.41, 5.74) is 10.8. The second-order valence-corrected chi connectivity index (χ2v) is 15.7. The zero-order chi connectivity index (χ0) is 34.1. The van der Waals surface area contributed by atoms with E-state index >= 15 is 0 Å². The van der Waals surface area contributed by atoms with Crippen molar-refractivity contribution in [3.8, 4) is 11.3 Å². The first-order chi connectivity index (χ1) is 20.9. The van der Waals surface area contributed by atoms with Crippen LogP contribution in [0, 0.1) is 44.1 Å². The van der Waals surface area contributed by atoms with Crippen molar-refractivity contribution in [2.75, 3.05) is 0 Å². The fourth-order valence-corrected chi connectivity index (χ4v) is 7.22. The normalized spacial score (nSPS) is 15.2. The topological polar surface area (TPSA) is 50.2 Å². The molecule has 4 rings (SSSR count). The van der Waals surface area contributed by atoms with E-state index in [0.29, 0.717) is 0 Å². The monoisotopic (exact) mass is 803 g/mol. The first-order valence-electron chi connectivity index (χ1n) is 17.3. The Morgan fingerprint density at radius 3 is 1.93 bits per heavy atom. The Hall–Kier alpha value is -2.29. The van der Waals surface area contributed by atoms with Gasteiger partial charge in [-0.3, -0.25) is 9.78 Å². The van der Waals surface area contributed by atoms with Gasteiger partial charge in [0.2, 0.25) is 0 Å². The number of nitrogens with zero attached hydrogens (tertiary/aromatic N) is 1. The Bertz CT molecular complexity index is 1560. The molecule has 3 aromatic rings. The maximum atomic E-state index is 11.7. The molecule has 1 aromatic heterocycles. The van der Waals surface area contributed by atoms with Crippen LogP contribution in [0.4, 0.5) is 0 Å². The number of ketones is 1. The smallest absolute Gasteiger partial charge is 0.162 e. The van der Waals surface area contributed by atoms with Gasteiger partial charge in [0.05, 0.1) is 5.76 Å². The number of hydrogen-bond acceptors (Lipinski definition) is 3. The molecule has 0 fully saturated rings. The Kier molecular flexibility index (Phi) is 13.3. The molecule has 0 bridgehead atoms. The second kappa shape index (κ2) is 15.3. The van der Waals surface area contributed by atoms with Gasteiger partial charge in [-0.05, 0) is 79.4 Å². The second-order valence-electron chi connectivity index (χ2n) is 15.7. The Morgan fingerprint density at radius 1 is 0.891 bits per heavy atom. The number of carbonyl (C=O) groups is 1. The number of rotatable bonds is 8. The van der Waals surface area contributed by atoms with Crippen molar-refractivity contribution < 1.29 is 30.0 Å². The first kappa shape index (κ1) is 39.9. The Balaban J connectivity index is 0.000000394. The molecular weight excluding hydrogens is 743 g/mol. The number of aromatic nitrogens is 1. The van der Waals surface area contributed by atoms with E-state index in [1.165, 1.54) is 55.8 Å². The van der Waals surface area contributed by atoms with E-state index in [4.69, 9.17) is 4.98 Å². The van der Waals surface area contributed by atoms with Crippen LogP contribution in [-0.4, -0.2) is 15.9 Å². The fraction of sp³-hybridized carbons (Fsp3) is 0.571. The summed E-state index contributed by atoms with van der Waals surface area (Å²) in [7, 11) is 0. The number of pyridine rings is 1. The summed E-state index contributed by atoms with van der Waals surface area (Å²) in [5, 5.41) is 12.3. The van der Waals surface area contributed by atoms with E-state index < -0.39 is 0 Å². The van der Waals surface area contributed by atoms with Gasteiger partial charge in [0.15, 0.2) is 5.78 Å². The van der Waals surface area contributed by atoms with Gasteiger partial charge in [-0.1, -0.05) is 117 Å². The number of aliphatic hydroxyl groups excluding tert-OH is 1. The molecule has 1 aliphatic rings. The summed E-state index contributed by atoms with van der Waals surface area (Å²) in [6.07, 6.45) is 7.97. The SMILES string of the molecule is CCC(CC)C(=O)/C=C(\O)C(CC)CC.Cc1cc2[c-]c3c(c(C)c2cc1C)C(C)(C)C(C)(C)c1c(CC(C)(C)C)ccnc1-3.[Ir]. The number of aryl methyl sites for hydroxylation is 3. The number of carbonyl (C=O) groups excluding carboxylic acids is 1. The van der Waals surface area contributed by atoms with Gasteiger partial charge in [-0.2, -0.15) is 0 Å². The molecule has 4 heteroatoms. The summed E-state index contributed by atoms with van der Waals surface area (Å²) in [5.74, 6) is 0.547. The number of benzene rings is 2. The molecule has 0 atom stereocenters. The maximum absolute atomic E-state index is 11.7. The van der Waals surface area contributed by atoms with Gasteiger partial charge in [0.25, 0.3) is 0 Å². The zero-order valence-electron chi connectivity index (χ0n) is 31.2. The molecule has 0 spiro atoms. The van der Waals surface area contributed by atoms with Crippen LogP contribution in [0.15, 0.2) is 36.2 Å². The van der Waals surface area contributed by atoms with E-state index in [1.54, 1.807) is 0 Å². The van der Waals surface area contributed by atoms with Crippen molar-refractivity contribution in [3.05, 3.63) is 75.7 Å². The van der Waals surface area contributed by atoms with Crippen LogP contribution < -0.4 is 0 Å². The van der Waals surface area contributed by atoms with Gasteiger partial charge < -0.3 is 5.11 Å². The van der Waals surface area contributed by atoms with Crippen molar-refractivity contribution in [3.63, 3.8) is 0 Å². The minimum atomic E-state index is -0.0316. The average Bonchev–Trinajstić information content (AvgIpc) is 2.93. The third kappa shape index (κ3) is 7.87. The van der Waals surface area contributed by atoms with Crippen molar-refractivity contribution in [1.29, 1.82) is 0 Å². The summed E-state index contributed by atoms with van der Waals surface area (Å²) < 4.78 is 0. The molecule has 3 nitrogen and oxygen atoms in total. The zero-order valence-corrected chi connectivity index (χ0v) is 33.6. The summed E-state index contributed by atoms with van der Waals surface area (Å²) in [6.45, 7) is 31.4. The Morgan fingerprint density at radius 2 is 1.41 bits per heavy atom. The van der Waals surface area contributed by atoms with Gasteiger partial charge >= 0.3 is 0 Å². The third-order valence-corrected chi connectivity index (χ3v) is 10.8. The molecule has 0 saturated carbocycles. The van der Waals surface area contributed by atoms with Crippen molar-refractivity contribution in [2.45, 2.75) is 140 Å². The molecule has 255 valence electrons. The minimum absolute atomic E-state index is 0. The van der Waals surface area contributed by atoms with Crippen LogP contribution in [-0.2, 0) is 42.2 Å². The van der Waals surface area contributed by atoms with Crippen LogP contribution in [0.3, 0.4) is 0 Å². The summed E-state index contributed by atoms with van der Waals surface area (Å²) >= 11 is 0. The molecule has 0 saturated heterocycles. The summed E-state index contributed by atoms with van der Waals surface area (Å²) in [4.78, 5) is 16.7. The molecule has 1 radical (unpaired) electrons. The number of hydrogen-bond donors (Lipinski definition) is 1. The fourth-order valence-electron chi connectivity index (χ4n) is 7.22. The summed E-state index contributed by atoms with van der Waals surface area (Å²) in [6, 6.07) is 10.7. The predicted octanol–water partition coefficient (Wildman–Crippen LogP) is 11.7. The van der Waals surface area contributed by atoms with Gasteiger partial charge in [-0.15, -0.1) is 23.1 Å². The van der Waals surface area contributed by atoms with Gasteiger partial charge in [-0.25, -0.2) is 0 Å². The van der Waals surface area contributed by atoms with Crippen molar-refractivity contribution >= 4 is 16.6 Å². The van der Waals surface area contributed by atoms with Crippen molar-refractivity contribution in [1.82, 2.24) is 4.98 Å². The number of aliphatic hydroxyl groups is 1. The Labute approximate surface area is 294 Å². The largest absolute Gasteiger partial charge is 0.512 e.